The first-order chi connectivity index (χ1) is 8.26. The zero-order chi connectivity index (χ0) is 12.3. The topological polar surface area (TPSA) is 53.0 Å². The number of nitrogens with zero attached hydrogens (tertiary/aromatic N) is 2. The van der Waals surface area contributed by atoms with E-state index in [4.69, 9.17) is 5.73 Å². The quantitative estimate of drug-likeness (QED) is 0.832. The number of benzene rings is 1. The third-order valence-corrected chi connectivity index (χ3v) is 3.92. The van der Waals surface area contributed by atoms with Crippen molar-refractivity contribution in [3.63, 3.8) is 0 Å². The van der Waals surface area contributed by atoms with E-state index < -0.39 is 0 Å². The lowest BCUT2D eigenvalue weighted by molar-refractivity contribution is 0.752. The van der Waals surface area contributed by atoms with Gasteiger partial charge in [0.2, 0.25) is 0 Å². The standard InChI is InChI=1S/C13H17N3S/c1-2-17-13-5-3-4-12(11(13)8-14)16-7-6-10(15)9-16/h3-5,10H,2,6-7,9,15H2,1H3. The van der Waals surface area contributed by atoms with Crippen molar-refractivity contribution >= 4 is 17.4 Å². The van der Waals surface area contributed by atoms with Gasteiger partial charge in [-0.05, 0) is 24.3 Å². The fourth-order valence-corrected chi connectivity index (χ4v) is 2.96. The molecule has 1 aromatic rings. The molecule has 1 fully saturated rings. The largest absolute Gasteiger partial charge is 0.369 e. The first-order valence-electron chi connectivity index (χ1n) is 5.92. The van der Waals surface area contributed by atoms with Crippen molar-refractivity contribution in [3.05, 3.63) is 23.8 Å². The normalized spacial score (nSPS) is 19.4. The summed E-state index contributed by atoms with van der Waals surface area (Å²) in [6, 6.07) is 8.65. The fraction of sp³-hybridized carbons (Fsp3) is 0.462. The van der Waals surface area contributed by atoms with E-state index in [1.807, 2.05) is 18.2 Å². The van der Waals surface area contributed by atoms with E-state index in [1.165, 1.54) is 0 Å². The van der Waals surface area contributed by atoms with Crippen LogP contribution in [0.15, 0.2) is 23.1 Å². The van der Waals surface area contributed by atoms with Gasteiger partial charge in [0, 0.05) is 24.0 Å². The van der Waals surface area contributed by atoms with E-state index in [0.29, 0.717) is 0 Å². The van der Waals surface area contributed by atoms with Crippen molar-refractivity contribution < 1.29 is 0 Å². The Balaban J connectivity index is 2.33. The summed E-state index contributed by atoms with van der Waals surface area (Å²) in [5.41, 5.74) is 7.76. The monoisotopic (exact) mass is 247 g/mol. The van der Waals surface area contributed by atoms with Crippen molar-refractivity contribution in [3.8, 4) is 6.07 Å². The highest BCUT2D eigenvalue weighted by atomic mass is 32.2. The molecule has 1 aliphatic heterocycles. The van der Waals surface area contributed by atoms with Crippen LogP contribution in [0.2, 0.25) is 0 Å². The number of anilines is 1. The Kier molecular flexibility index (Phi) is 3.93. The molecule has 0 radical (unpaired) electrons. The molecule has 3 nitrogen and oxygen atoms in total. The van der Waals surface area contributed by atoms with Crippen LogP contribution in [0.4, 0.5) is 5.69 Å². The number of rotatable bonds is 3. The second kappa shape index (κ2) is 5.44. The van der Waals surface area contributed by atoms with Crippen molar-refractivity contribution in [2.75, 3.05) is 23.7 Å². The third kappa shape index (κ3) is 2.56. The Morgan fingerprint density at radius 3 is 3.00 bits per heavy atom. The van der Waals surface area contributed by atoms with Crippen LogP contribution in [0.3, 0.4) is 0 Å². The summed E-state index contributed by atoms with van der Waals surface area (Å²) in [6.45, 7) is 3.91. The summed E-state index contributed by atoms with van der Waals surface area (Å²) in [4.78, 5) is 3.30. The molecule has 0 bridgehead atoms. The zero-order valence-electron chi connectivity index (χ0n) is 10.0. The van der Waals surface area contributed by atoms with E-state index >= 15 is 0 Å². The van der Waals surface area contributed by atoms with Gasteiger partial charge in [-0.15, -0.1) is 11.8 Å². The molecule has 0 amide bonds. The van der Waals surface area contributed by atoms with Gasteiger partial charge in [-0.2, -0.15) is 5.26 Å². The van der Waals surface area contributed by atoms with Crippen molar-refractivity contribution in [1.82, 2.24) is 0 Å². The van der Waals surface area contributed by atoms with Crippen LogP contribution in [0.25, 0.3) is 0 Å². The molecule has 90 valence electrons. The molecular weight excluding hydrogens is 230 g/mol. The maximum absolute atomic E-state index is 9.33. The average Bonchev–Trinajstić information content (AvgIpc) is 2.76. The third-order valence-electron chi connectivity index (χ3n) is 2.98. The molecule has 1 saturated heterocycles. The van der Waals surface area contributed by atoms with Gasteiger partial charge in [-0.1, -0.05) is 13.0 Å². The van der Waals surface area contributed by atoms with Crippen LogP contribution in [0, 0.1) is 11.3 Å². The Hall–Kier alpha value is -1.18. The smallest absolute Gasteiger partial charge is 0.103 e. The predicted octanol–water partition coefficient (Wildman–Crippen LogP) is 2.21. The summed E-state index contributed by atoms with van der Waals surface area (Å²) in [7, 11) is 0. The van der Waals surface area contributed by atoms with Crippen LogP contribution in [-0.2, 0) is 0 Å². The van der Waals surface area contributed by atoms with Gasteiger partial charge in [0.1, 0.15) is 6.07 Å². The van der Waals surface area contributed by atoms with E-state index in [-0.39, 0.29) is 6.04 Å². The fourth-order valence-electron chi connectivity index (χ4n) is 2.18. The summed E-state index contributed by atoms with van der Waals surface area (Å²) < 4.78 is 0. The highest BCUT2D eigenvalue weighted by Gasteiger charge is 2.22. The molecule has 1 atom stereocenters. The van der Waals surface area contributed by atoms with E-state index in [1.54, 1.807) is 11.8 Å². The Bertz CT molecular complexity index is 439. The summed E-state index contributed by atoms with van der Waals surface area (Å²) in [5.74, 6) is 0.984. The Morgan fingerprint density at radius 1 is 1.59 bits per heavy atom. The second-order valence-corrected chi connectivity index (χ2v) is 5.50. The van der Waals surface area contributed by atoms with Crippen molar-refractivity contribution in [2.24, 2.45) is 5.73 Å². The van der Waals surface area contributed by atoms with E-state index in [0.717, 1.165) is 41.4 Å². The summed E-state index contributed by atoms with van der Waals surface area (Å²) in [6.07, 6.45) is 1.01. The minimum atomic E-state index is 0.240. The molecule has 17 heavy (non-hydrogen) atoms. The molecular formula is C13H17N3S. The minimum absolute atomic E-state index is 0.240. The molecule has 1 unspecified atom stereocenters. The number of nitriles is 1. The summed E-state index contributed by atoms with van der Waals surface area (Å²) in [5, 5.41) is 9.33. The van der Waals surface area contributed by atoms with Gasteiger partial charge in [0.25, 0.3) is 0 Å². The lowest BCUT2D eigenvalue weighted by atomic mass is 10.2. The van der Waals surface area contributed by atoms with Crippen LogP contribution in [0.1, 0.15) is 18.9 Å². The molecule has 4 heteroatoms. The molecule has 1 heterocycles. The first kappa shape index (κ1) is 12.3. The van der Waals surface area contributed by atoms with Crippen molar-refractivity contribution in [2.45, 2.75) is 24.3 Å². The van der Waals surface area contributed by atoms with Gasteiger partial charge >= 0.3 is 0 Å². The molecule has 0 spiro atoms. The van der Waals surface area contributed by atoms with E-state index in [2.05, 4.69) is 17.9 Å². The lowest BCUT2D eigenvalue weighted by Gasteiger charge is -2.20. The van der Waals surface area contributed by atoms with Crippen LogP contribution in [-0.4, -0.2) is 24.9 Å². The van der Waals surface area contributed by atoms with Gasteiger partial charge in [0.05, 0.1) is 11.3 Å². The number of thioether (sulfide) groups is 1. The molecule has 1 aliphatic rings. The van der Waals surface area contributed by atoms with Crippen LogP contribution < -0.4 is 10.6 Å². The average molecular weight is 247 g/mol. The van der Waals surface area contributed by atoms with Gasteiger partial charge < -0.3 is 10.6 Å². The van der Waals surface area contributed by atoms with Gasteiger partial charge in [-0.3, -0.25) is 0 Å². The van der Waals surface area contributed by atoms with Crippen molar-refractivity contribution in [1.29, 1.82) is 5.26 Å². The van der Waals surface area contributed by atoms with Gasteiger partial charge in [-0.25, -0.2) is 0 Å². The second-order valence-electron chi connectivity index (χ2n) is 4.19. The highest BCUT2D eigenvalue weighted by molar-refractivity contribution is 7.99. The van der Waals surface area contributed by atoms with Crippen LogP contribution >= 0.6 is 11.8 Å². The molecule has 0 aliphatic carbocycles. The number of hydrogen-bond donors (Lipinski definition) is 1. The first-order valence-corrected chi connectivity index (χ1v) is 6.91. The number of hydrogen-bond acceptors (Lipinski definition) is 4. The number of nitrogens with two attached hydrogens (primary N) is 1. The lowest BCUT2D eigenvalue weighted by Crippen LogP contribution is -2.26. The Morgan fingerprint density at radius 2 is 2.41 bits per heavy atom. The summed E-state index contributed by atoms with van der Waals surface area (Å²) >= 11 is 1.72. The molecule has 0 saturated carbocycles. The Labute approximate surface area is 107 Å². The van der Waals surface area contributed by atoms with Gasteiger partial charge in [0.15, 0.2) is 0 Å². The maximum atomic E-state index is 9.33. The SMILES string of the molecule is CCSc1cccc(N2CCC(N)C2)c1C#N. The molecule has 0 aromatic heterocycles. The zero-order valence-corrected chi connectivity index (χ0v) is 10.8. The highest BCUT2D eigenvalue weighted by Crippen LogP contribution is 2.31. The molecule has 2 rings (SSSR count). The predicted molar refractivity (Wildman–Crippen MR) is 72.4 cm³/mol. The van der Waals surface area contributed by atoms with Crippen LogP contribution in [0.5, 0.6) is 0 Å². The van der Waals surface area contributed by atoms with E-state index in [9.17, 15) is 5.26 Å². The minimum Gasteiger partial charge on any atom is -0.369 e. The maximum Gasteiger partial charge on any atom is 0.103 e. The molecule has 2 N–H and O–H groups in total. The molecule has 1 aromatic carbocycles.